The molecule has 0 saturated heterocycles. The number of hydrogen-bond donors (Lipinski definition) is 2. The van der Waals surface area contributed by atoms with Crippen LogP contribution in [0.25, 0.3) is 0 Å². The molecule has 0 bridgehead atoms. The molecular formula is C15H21NO2. The van der Waals surface area contributed by atoms with Crippen molar-refractivity contribution in [3.8, 4) is 0 Å². The molecular weight excluding hydrogens is 226 g/mol. The Kier molecular flexibility index (Phi) is 3.71. The lowest BCUT2D eigenvalue weighted by Gasteiger charge is -2.33. The predicted molar refractivity (Wildman–Crippen MR) is 71.2 cm³/mol. The first-order valence-electron chi connectivity index (χ1n) is 6.52. The second-order valence-corrected chi connectivity index (χ2v) is 5.69. The first-order valence-corrected chi connectivity index (χ1v) is 6.52. The van der Waals surface area contributed by atoms with E-state index in [0.717, 1.165) is 18.4 Å². The summed E-state index contributed by atoms with van der Waals surface area (Å²) in [5.74, 6) is 0.491. The van der Waals surface area contributed by atoms with Crippen molar-refractivity contribution in [1.82, 2.24) is 5.32 Å². The molecule has 2 rings (SSSR count). The van der Waals surface area contributed by atoms with Gasteiger partial charge in [0.2, 0.25) is 5.91 Å². The third-order valence-corrected chi connectivity index (χ3v) is 3.83. The topological polar surface area (TPSA) is 49.3 Å². The maximum atomic E-state index is 12.2. The van der Waals surface area contributed by atoms with E-state index in [1.54, 1.807) is 0 Å². The van der Waals surface area contributed by atoms with Crippen LogP contribution in [-0.2, 0) is 10.2 Å². The molecule has 0 unspecified atom stereocenters. The second kappa shape index (κ2) is 5.11. The fraction of sp³-hybridized carbons (Fsp3) is 0.533. The lowest BCUT2D eigenvalue weighted by Crippen LogP contribution is -2.45. The van der Waals surface area contributed by atoms with Crippen LogP contribution in [0.3, 0.4) is 0 Å². The quantitative estimate of drug-likeness (QED) is 0.853. The lowest BCUT2D eigenvalue weighted by atomic mass is 9.81. The van der Waals surface area contributed by atoms with E-state index in [1.807, 2.05) is 44.2 Å². The molecule has 1 aromatic carbocycles. The SMILES string of the molecule is CC(C)(C(=O)NCC1CC(O)C1)c1ccccc1. The number of carbonyl (C=O) groups is 1. The van der Waals surface area contributed by atoms with Gasteiger partial charge in [-0.1, -0.05) is 30.3 Å². The molecule has 1 aliphatic rings. The van der Waals surface area contributed by atoms with Crippen LogP contribution in [-0.4, -0.2) is 23.7 Å². The zero-order valence-corrected chi connectivity index (χ0v) is 11.0. The van der Waals surface area contributed by atoms with E-state index >= 15 is 0 Å². The number of amides is 1. The molecule has 0 radical (unpaired) electrons. The first kappa shape index (κ1) is 13.1. The highest BCUT2D eigenvalue weighted by atomic mass is 16.3. The summed E-state index contributed by atoms with van der Waals surface area (Å²) in [4.78, 5) is 12.2. The zero-order chi connectivity index (χ0) is 13.2. The fourth-order valence-electron chi connectivity index (χ4n) is 2.31. The summed E-state index contributed by atoms with van der Waals surface area (Å²) >= 11 is 0. The summed E-state index contributed by atoms with van der Waals surface area (Å²) in [5.41, 5.74) is 0.514. The predicted octanol–water partition coefficient (Wildman–Crippen LogP) is 1.85. The van der Waals surface area contributed by atoms with Gasteiger partial charge in [-0.15, -0.1) is 0 Å². The summed E-state index contributed by atoms with van der Waals surface area (Å²) in [6.07, 6.45) is 1.46. The highest BCUT2D eigenvalue weighted by Gasteiger charge is 2.32. The van der Waals surface area contributed by atoms with Gasteiger partial charge in [0.05, 0.1) is 11.5 Å². The lowest BCUT2D eigenvalue weighted by molar-refractivity contribution is -0.126. The van der Waals surface area contributed by atoms with Crippen LogP contribution in [0, 0.1) is 5.92 Å². The van der Waals surface area contributed by atoms with Crippen LogP contribution < -0.4 is 5.32 Å². The molecule has 2 N–H and O–H groups in total. The van der Waals surface area contributed by atoms with Crippen LogP contribution in [0.5, 0.6) is 0 Å². The Hall–Kier alpha value is -1.35. The Morgan fingerprint density at radius 3 is 2.50 bits per heavy atom. The smallest absolute Gasteiger partial charge is 0.230 e. The van der Waals surface area contributed by atoms with Crippen molar-refractivity contribution in [2.45, 2.75) is 38.2 Å². The highest BCUT2D eigenvalue weighted by molar-refractivity contribution is 5.87. The van der Waals surface area contributed by atoms with Crippen molar-refractivity contribution in [3.05, 3.63) is 35.9 Å². The van der Waals surface area contributed by atoms with E-state index in [-0.39, 0.29) is 12.0 Å². The van der Waals surface area contributed by atoms with Crippen LogP contribution in [0.4, 0.5) is 0 Å². The van der Waals surface area contributed by atoms with Crippen molar-refractivity contribution in [1.29, 1.82) is 0 Å². The summed E-state index contributed by atoms with van der Waals surface area (Å²) in [5, 5.41) is 12.2. The number of hydrogen-bond acceptors (Lipinski definition) is 2. The summed E-state index contributed by atoms with van der Waals surface area (Å²) in [7, 11) is 0. The molecule has 0 aromatic heterocycles. The van der Waals surface area contributed by atoms with Crippen LogP contribution in [0.2, 0.25) is 0 Å². The Labute approximate surface area is 108 Å². The van der Waals surface area contributed by atoms with Crippen molar-refractivity contribution in [3.63, 3.8) is 0 Å². The van der Waals surface area contributed by atoms with E-state index in [1.165, 1.54) is 0 Å². The minimum Gasteiger partial charge on any atom is -0.393 e. The van der Waals surface area contributed by atoms with Crippen LogP contribution in [0.1, 0.15) is 32.3 Å². The number of carbonyl (C=O) groups excluding carboxylic acids is 1. The summed E-state index contributed by atoms with van der Waals surface area (Å²) in [6.45, 7) is 4.55. The Balaban J connectivity index is 1.91. The minimum absolute atomic E-state index is 0.0510. The third kappa shape index (κ3) is 2.72. The van der Waals surface area contributed by atoms with E-state index < -0.39 is 5.41 Å². The molecule has 1 aromatic rings. The fourth-order valence-corrected chi connectivity index (χ4v) is 2.31. The maximum absolute atomic E-state index is 12.2. The van der Waals surface area contributed by atoms with Gasteiger partial charge in [-0.3, -0.25) is 4.79 Å². The van der Waals surface area contributed by atoms with Crippen molar-refractivity contribution < 1.29 is 9.90 Å². The minimum atomic E-state index is -0.510. The molecule has 18 heavy (non-hydrogen) atoms. The molecule has 1 saturated carbocycles. The highest BCUT2D eigenvalue weighted by Crippen LogP contribution is 2.27. The largest absolute Gasteiger partial charge is 0.393 e. The van der Waals surface area contributed by atoms with Gasteiger partial charge in [0.1, 0.15) is 0 Å². The maximum Gasteiger partial charge on any atom is 0.230 e. The molecule has 98 valence electrons. The molecule has 0 spiro atoms. The molecule has 3 nitrogen and oxygen atoms in total. The van der Waals surface area contributed by atoms with Gasteiger partial charge in [0.25, 0.3) is 0 Å². The van der Waals surface area contributed by atoms with Crippen molar-refractivity contribution in [2.75, 3.05) is 6.54 Å². The monoisotopic (exact) mass is 247 g/mol. The number of aliphatic hydroxyl groups excluding tert-OH is 1. The second-order valence-electron chi connectivity index (χ2n) is 5.69. The molecule has 1 amide bonds. The first-order chi connectivity index (χ1) is 8.50. The van der Waals surface area contributed by atoms with E-state index in [0.29, 0.717) is 12.5 Å². The van der Waals surface area contributed by atoms with Crippen LogP contribution in [0.15, 0.2) is 30.3 Å². The number of nitrogens with one attached hydrogen (secondary N) is 1. The average molecular weight is 247 g/mol. The Morgan fingerprint density at radius 2 is 1.94 bits per heavy atom. The molecule has 0 heterocycles. The molecule has 0 atom stereocenters. The number of benzene rings is 1. The Morgan fingerprint density at radius 1 is 1.33 bits per heavy atom. The molecule has 1 aliphatic carbocycles. The van der Waals surface area contributed by atoms with Gasteiger partial charge in [0, 0.05) is 6.54 Å². The van der Waals surface area contributed by atoms with Crippen LogP contribution >= 0.6 is 0 Å². The van der Waals surface area contributed by atoms with Gasteiger partial charge in [-0.05, 0) is 38.2 Å². The summed E-state index contributed by atoms with van der Waals surface area (Å²) in [6, 6.07) is 9.81. The van der Waals surface area contributed by atoms with E-state index in [4.69, 9.17) is 0 Å². The molecule has 1 fully saturated rings. The summed E-state index contributed by atoms with van der Waals surface area (Å²) < 4.78 is 0. The average Bonchev–Trinajstić information content (AvgIpc) is 2.34. The van der Waals surface area contributed by atoms with Gasteiger partial charge in [0.15, 0.2) is 0 Å². The normalized spacial score (nSPS) is 23.3. The van der Waals surface area contributed by atoms with Gasteiger partial charge in [-0.25, -0.2) is 0 Å². The number of rotatable bonds is 4. The van der Waals surface area contributed by atoms with E-state index in [9.17, 15) is 9.90 Å². The molecule has 3 heteroatoms. The third-order valence-electron chi connectivity index (χ3n) is 3.83. The van der Waals surface area contributed by atoms with Crippen molar-refractivity contribution in [2.24, 2.45) is 5.92 Å². The number of aliphatic hydroxyl groups is 1. The zero-order valence-electron chi connectivity index (χ0n) is 11.0. The Bertz CT molecular complexity index is 408. The van der Waals surface area contributed by atoms with E-state index in [2.05, 4.69) is 5.32 Å². The standard InChI is InChI=1S/C15H21NO2/c1-15(2,12-6-4-3-5-7-12)14(18)16-10-11-8-13(17)9-11/h3-7,11,13,17H,8-10H2,1-2H3,(H,16,18). The molecule has 0 aliphatic heterocycles. The van der Waals surface area contributed by atoms with Gasteiger partial charge >= 0.3 is 0 Å². The van der Waals surface area contributed by atoms with Gasteiger partial charge in [-0.2, -0.15) is 0 Å². The van der Waals surface area contributed by atoms with Crippen molar-refractivity contribution >= 4 is 5.91 Å². The van der Waals surface area contributed by atoms with Gasteiger partial charge < -0.3 is 10.4 Å².